The third kappa shape index (κ3) is 5.38. The van der Waals surface area contributed by atoms with Gasteiger partial charge in [0.1, 0.15) is 0 Å². The Morgan fingerprint density at radius 3 is 2.61 bits per heavy atom. The van der Waals surface area contributed by atoms with Crippen molar-refractivity contribution in [1.29, 1.82) is 0 Å². The minimum Gasteiger partial charge on any atom is -0.354 e. The molecule has 0 aliphatic heterocycles. The zero-order chi connectivity index (χ0) is 13.5. The second-order valence-corrected chi connectivity index (χ2v) is 6.17. The van der Waals surface area contributed by atoms with Gasteiger partial charge in [0, 0.05) is 12.6 Å². The summed E-state index contributed by atoms with van der Waals surface area (Å²) >= 11 is 0. The van der Waals surface area contributed by atoms with Crippen LogP contribution in [0.25, 0.3) is 0 Å². The lowest BCUT2D eigenvalue weighted by atomic mass is 9.84. The lowest BCUT2D eigenvalue weighted by Crippen LogP contribution is -2.48. The Kier molecular flexibility index (Phi) is 6.69. The largest absolute Gasteiger partial charge is 0.354 e. The molecule has 1 aliphatic carbocycles. The monoisotopic (exact) mass is 254 g/mol. The van der Waals surface area contributed by atoms with Gasteiger partial charge in [-0.1, -0.05) is 40.0 Å². The number of hydrogen-bond acceptors (Lipinski definition) is 2. The summed E-state index contributed by atoms with van der Waals surface area (Å²) in [6.45, 7) is 9.25. The first kappa shape index (κ1) is 15.5. The van der Waals surface area contributed by atoms with Crippen LogP contribution < -0.4 is 10.6 Å². The van der Waals surface area contributed by atoms with Crippen molar-refractivity contribution in [3.05, 3.63) is 0 Å². The summed E-state index contributed by atoms with van der Waals surface area (Å²) in [5.74, 6) is 1.50. The van der Waals surface area contributed by atoms with E-state index in [-0.39, 0.29) is 11.9 Å². The Balaban J connectivity index is 2.29. The summed E-state index contributed by atoms with van der Waals surface area (Å²) in [5.41, 5.74) is 0. The number of rotatable bonds is 6. The summed E-state index contributed by atoms with van der Waals surface area (Å²) < 4.78 is 0. The third-order valence-electron chi connectivity index (χ3n) is 3.92. The highest BCUT2D eigenvalue weighted by molar-refractivity contribution is 5.81. The first-order valence-corrected chi connectivity index (χ1v) is 7.56. The molecular formula is C15H30N2O. The van der Waals surface area contributed by atoms with Gasteiger partial charge >= 0.3 is 0 Å². The molecule has 0 aromatic heterocycles. The Morgan fingerprint density at radius 2 is 2.00 bits per heavy atom. The summed E-state index contributed by atoms with van der Waals surface area (Å²) in [7, 11) is 0. The van der Waals surface area contributed by atoms with Crippen molar-refractivity contribution in [2.45, 2.75) is 71.9 Å². The molecule has 0 spiro atoms. The molecule has 3 nitrogen and oxygen atoms in total. The molecule has 106 valence electrons. The van der Waals surface area contributed by atoms with E-state index < -0.39 is 0 Å². The van der Waals surface area contributed by atoms with Crippen molar-refractivity contribution in [2.75, 3.05) is 6.54 Å². The van der Waals surface area contributed by atoms with Crippen LogP contribution in [0.15, 0.2) is 0 Å². The maximum atomic E-state index is 11.9. The van der Waals surface area contributed by atoms with Crippen LogP contribution in [-0.4, -0.2) is 24.5 Å². The van der Waals surface area contributed by atoms with Crippen LogP contribution in [-0.2, 0) is 4.79 Å². The van der Waals surface area contributed by atoms with E-state index >= 15 is 0 Å². The van der Waals surface area contributed by atoms with Crippen LogP contribution in [0, 0.1) is 11.8 Å². The minimum absolute atomic E-state index is 0.0654. The van der Waals surface area contributed by atoms with Gasteiger partial charge in [-0.25, -0.2) is 0 Å². The van der Waals surface area contributed by atoms with Gasteiger partial charge in [-0.3, -0.25) is 4.79 Å². The SMILES string of the molecule is CCC1CCCC(NC(C)C(=O)NCC(C)C)C1. The number of carbonyl (C=O) groups excluding carboxylic acids is 1. The molecule has 0 aromatic carbocycles. The molecule has 3 unspecified atom stereocenters. The molecule has 1 aliphatic rings. The van der Waals surface area contributed by atoms with E-state index in [4.69, 9.17) is 0 Å². The summed E-state index contributed by atoms with van der Waals surface area (Å²) in [6.07, 6.45) is 6.39. The van der Waals surface area contributed by atoms with Gasteiger partial charge in [0.15, 0.2) is 0 Å². The lowest BCUT2D eigenvalue weighted by Gasteiger charge is -2.31. The number of hydrogen-bond donors (Lipinski definition) is 2. The highest BCUT2D eigenvalue weighted by Crippen LogP contribution is 2.26. The second kappa shape index (κ2) is 7.78. The second-order valence-electron chi connectivity index (χ2n) is 6.17. The first-order chi connectivity index (χ1) is 8.52. The standard InChI is InChI=1S/C15H30N2O/c1-5-13-7-6-8-14(9-13)17-12(4)15(18)16-10-11(2)3/h11-14,17H,5-10H2,1-4H3,(H,16,18). The van der Waals surface area contributed by atoms with Gasteiger partial charge < -0.3 is 10.6 Å². The molecule has 0 aromatic rings. The maximum Gasteiger partial charge on any atom is 0.236 e. The lowest BCUT2D eigenvalue weighted by molar-refractivity contribution is -0.123. The van der Waals surface area contributed by atoms with E-state index in [1.165, 1.54) is 32.1 Å². The van der Waals surface area contributed by atoms with Crippen LogP contribution >= 0.6 is 0 Å². The average Bonchev–Trinajstić information content (AvgIpc) is 2.36. The smallest absolute Gasteiger partial charge is 0.236 e. The highest BCUT2D eigenvalue weighted by Gasteiger charge is 2.23. The van der Waals surface area contributed by atoms with Crippen molar-refractivity contribution < 1.29 is 4.79 Å². The fourth-order valence-electron chi connectivity index (χ4n) is 2.70. The van der Waals surface area contributed by atoms with Gasteiger partial charge in [-0.2, -0.15) is 0 Å². The third-order valence-corrected chi connectivity index (χ3v) is 3.92. The van der Waals surface area contributed by atoms with Crippen LogP contribution in [0.2, 0.25) is 0 Å². The van der Waals surface area contributed by atoms with Crippen LogP contribution in [0.3, 0.4) is 0 Å². The normalized spacial score (nSPS) is 26.1. The molecule has 1 rings (SSSR count). The van der Waals surface area contributed by atoms with Crippen LogP contribution in [0.5, 0.6) is 0 Å². The van der Waals surface area contributed by atoms with E-state index in [0.29, 0.717) is 12.0 Å². The van der Waals surface area contributed by atoms with Gasteiger partial charge in [0.2, 0.25) is 5.91 Å². The maximum absolute atomic E-state index is 11.9. The Labute approximate surface area is 112 Å². The molecule has 0 saturated heterocycles. The van der Waals surface area contributed by atoms with Crippen LogP contribution in [0.1, 0.15) is 59.8 Å². The number of amides is 1. The molecule has 1 fully saturated rings. The topological polar surface area (TPSA) is 41.1 Å². The van der Waals surface area contributed by atoms with Gasteiger partial charge in [-0.15, -0.1) is 0 Å². The Morgan fingerprint density at radius 1 is 1.28 bits per heavy atom. The van der Waals surface area contributed by atoms with E-state index in [9.17, 15) is 4.79 Å². The molecule has 1 amide bonds. The summed E-state index contributed by atoms with van der Waals surface area (Å²) in [4.78, 5) is 11.9. The Hall–Kier alpha value is -0.570. The number of nitrogens with one attached hydrogen (secondary N) is 2. The fourth-order valence-corrected chi connectivity index (χ4v) is 2.70. The molecule has 1 saturated carbocycles. The van der Waals surface area contributed by atoms with Gasteiger partial charge in [0.25, 0.3) is 0 Å². The predicted octanol–water partition coefficient (Wildman–Crippen LogP) is 2.71. The van der Waals surface area contributed by atoms with Crippen molar-refractivity contribution in [1.82, 2.24) is 10.6 Å². The highest BCUT2D eigenvalue weighted by atomic mass is 16.2. The molecule has 0 heterocycles. The van der Waals surface area contributed by atoms with E-state index in [1.807, 2.05) is 6.92 Å². The van der Waals surface area contributed by atoms with E-state index in [2.05, 4.69) is 31.4 Å². The minimum atomic E-state index is -0.0654. The quantitative estimate of drug-likeness (QED) is 0.765. The van der Waals surface area contributed by atoms with Crippen LogP contribution in [0.4, 0.5) is 0 Å². The average molecular weight is 254 g/mol. The van der Waals surface area contributed by atoms with E-state index in [1.54, 1.807) is 0 Å². The zero-order valence-corrected chi connectivity index (χ0v) is 12.5. The molecule has 3 heteroatoms. The molecule has 18 heavy (non-hydrogen) atoms. The Bertz CT molecular complexity index is 253. The summed E-state index contributed by atoms with van der Waals surface area (Å²) in [6, 6.07) is 0.466. The molecule has 0 bridgehead atoms. The van der Waals surface area contributed by atoms with Crippen molar-refractivity contribution in [2.24, 2.45) is 11.8 Å². The predicted molar refractivity (Wildman–Crippen MR) is 76.5 cm³/mol. The van der Waals surface area contributed by atoms with Gasteiger partial charge in [-0.05, 0) is 31.6 Å². The molecule has 0 radical (unpaired) electrons. The molecule has 3 atom stereocenters. The summed E-state index contributed by atoms with van der Waals surface area (Å²) in [5, 5.41) is 6.49. The van der Waals surface area contributed by atoms with Crippen molar-refractivity contribution in [3.63, 3.8) is 0 Å². The van der Waals surface area contributed by atoms with Crippen molar-refractivity contribution >= 4 is 5.91 Å². The molecule has 2 N–H and O–H groups in total. The number of carbonyl (C=O) groups is 1. The van der Waals surface area contributed by atoms with Gasteiger partial charge in [0.05, 0.1) is 6.04 Å². The fraction of sp³-hybridized carbons (Fsp3) is 0.933. The molecular weight excluding hydrogens is 224 g/mol. The van der Waals surface area contributed by atoms with E-state index in [0.717, 1.165) is 12.5 Å². The van der Waals surface area contributed by atoms with Crippen molar-refractivity contribution in [3.8, 4) is 0 Å². The first-order valence-electron chi connectivity index (χ1n) is 7.56. The zero-order valence-electron chi connectivity index (χ0n) is 12.5.